The Morgan fingerprint density at radius 2 is 1.84 bits per heavy atom. The predicted molar refractivity (Wildman–Crippen MR) is 97.8 cm³/mol. The molecule has 0 spiro atoms. The van der Waals surface area contributed by atoms with E-state index >= 15 is 0 Å². The SMILES string of the molecule is O=c1cc2c(nn1CN1CCN(c3ccccn3)CC1)CCCCC2. The van der Waals surface area contributed by atoms with Crippen LogP contribution in [0.5, 0.6) is 0 Å². The number of anilines is 1. The van der Waals surface area contributed by atoms with Gasteiger partial charge in [0.15, 0.2) is 0 Å². The molecule has 6 heteroatoms. The molecular formula is C19H25N5O. The van der Waals surface area contributed by atoms with Gasteiger partial charge in [-0.1, -0.05) is 12.5 Å². The molecule has 0 unspecified atom stereocenters. The Bertz CT molecular complexity index is 765. The first-order valence-corrected chi connectivity index (χ1v) is 9.28. The van der Waals surface area contributed by atoms with Crippen LogP contribution < -0.4 is 10.5 Å². The highest BCUT2D eigenvalue weighted by molar-refractivity contribution is 5.38. The topological polar surface area (TPSA) is 54.3 Å². The number of hydrogen-bond donors (Lipinski definition) is 0. The summed E-state index contributed by atoms with van der Waals surface area (Å²) in [5.74, 6) is 1.03. The largest absolute Gasteiger partial charge is 0.354 e. The van der Waals surface area contributed by atoms with E-state index in [1.807, 2.05) is 30.5 Å². The second-order valence-electron chi connectivity index (χ2n) is 6.95. The average molecular weight is 339 g/mol. The van der Waals surface area contributed by atoms with Crippen LogP contribution in [0.25, 0.3) is 0 Å². The molecule has 0 N–H and O–H groups in total. The summed E-state index contributed by atoms with van der Waals surface area (Å²) in [6, 6.07) is 7.83. The minimum Gasteiger partial charge on any atom is -0.354 e. The van der Waals surface area contributed by atoms with E-state index in [9.17, 15) is 4.79 Å². The molecule has 0 saturated carbocycles. The average Bonchev–Trinajstić information content (AvgIpc) is 2.88. The second kappa shape index (κ2) is 7.35. The van der Waals surface area contributed by atoms with Gasteiger partial charge in [-0.25, -0.2) is 9.67 Å². The molecule has 0 aromatic carbocycles. The van der Waals surface area contributed by atoms with E-state index in [1.54, 1.807) is 4.68 Å². The molecule has 3 heterocycles. The minimum absolute atomic E-state index is 0.0350. The maximum Gasteiger partial charge on any atom is 0.268 e. The summed E-state index contributed by atoms with van der Waals surface area (Å²) in [5.41, 5.74) is 2.33. The molecule has 4 rings (SSSR count). The number of nitrogens with zero attached hydrogens (tertiary/aromatic N) is 5. The Kier molecular flexibility index (Phi) is 4.78. The van der Waals surface area contributed by atoms with Crippen molar-refractivity contribution in [2.24, 2.45) is 0 Å². The summed E-state index contributed by atoms with van der Waals surface area (Å²) in [6.07, 6.45) is 7.43. The van der Waals surface area contributed by atoms with Crippen molar-refractivity contribution in [1.82, 2.24) is 19.7 Å². The first kappa shape index (κ1) is 16.3. The van der Waals surface area contributed by atoms with Crippen molar-refractivity contribution in [3.63, 3.8) is 0 Å². The van der Waals surface area contributed by atoms with Gasteiger partial charge in [-0.2, -0.15) is 5.10 Å². The first-order chi connectivity index (χ1) is 12.3. The molecule has 1 aliphatic heterocycles. The molecule has 25 heavy (non-hydrogen) atoms. The molecule has 0 atom stereocenters. The number of hydrogen-bond acceptors (Lipinski definition) is 5. The van der Waals surface area contributed by atoms with Crippen LogP contribution in [0.15, 0.2) is 35.3 Å². The molecular weight excluding hydrogens is 314 g/mol. The zero-order chi connectivity index (χ0) is 17.1. The van der Waals surface area contributed by atoms with E-state index < -0.39 is 0 Å². The molecule has 1 aliphatic carbocycles. The van der Waals surface area contributed by atoms with Crippen molar-refractivity contribution in [3.8, 4) is 0 Å². The molecule has 0 bridgehead atoms. The number of aromatic nitrogens is 3. The Morgan fingerprint density at radius 1 is 1.00 bits per heavy atom. The lowest BCUT2D eigenvalue weighted by atomic mass is 10.1. The van der Waals surface area contributed by atoms with Crippen molar-refractivity contribution in [3.05, 3.63) is 52.1 Å². The zero-order valence-corrected chi connectivity index (χ0v) is 14.6. The molecule has 6 nitrogen and oxygen atoms in total. The van der Waals surface area contributed by atoms with Gasteiger partial charge in [0.1, 0.15) is 5.82 Å². The van der Waals surface area contributed by atoms with Gasteiger partial charge < -0.3 is 4.90 Å². The van der Waals surface area contributed by atoms with Crippen LogP contribution in [0.2, 0.25) is 0 Å². The lowest BCUT2D eigenvalue weighted by molar-refractivity contribution is 0.190. The smallest absolute Gasteiger partial charge is 0.268 e. The van der Waals surface area contributed by atoms with Gasteiger partial charge in [0.05, 0.1) is 12.4 Å². The number of piperazine rings is 1. The highest BCUT2D eigenvalue weighted by Crippen LogP contribution is 2.17. The van der Waals surface area contributed by atoms with Crippen LogP contribution in [-0.2, 0) is 19.5 Å². The summed E-state index contributed by atoms with van der Waals surface area (Å²) >= 11 is 0. The summed E-state index contributed by atoms with van der Waals surface area (Å²) in [7, 11) is 0. The van der Waals surface area contributed by atoms with Crippen LogP contribution in [-0.4, -0.2) is 45.8 Å². The third-order valence-corrected chi connectivity index (χ3v) is 5.20. The standard InChI is InChI=1S/C19H25N5O/c25-19-14-16-6-2-1-3-7-17(16)21-24(19)15-22-10-12-23(13-11-22)18-8-4-5-9-20-18/h4-5,8-9,14H,1-3,6-7,10-13,15H2. The maximum absolute atomic E-state index is 12.4. The Morgan fingerprint density at radius 3 is 2.64 bits per heavy atom. The minimum atomic E-state index is 0.0350. The van der Waals surface area contributed by atoms with Crippen LogP contribution in [0.1, 0.15) is 30.5 Å². The van der Waals surface area contributed by atoms with Crippen molar-refractivity contribution in [1.29, 1.82) is 0 Å². The Labute approximate surface area is 148 Å². The fraction of sp³-hybridized carbons (Fsp3) is 0.526. The number of fused-ring (bicyclic) bond motifs is 1. The van der Waals surface area contributed by atoms with Crippen LogP contribution >= 0.6 is 0 Å². The Balaban J connectivity index is 1.42. The fourth-order valence-corrected chi connectivity index (χ4v) is 3.73. The number of aryl methyl sites for hydroxylation is 2. The van der Waals surface area contributed by atoms with E-state index in [1.165, 1.54) is 24.8 Å². The van der Waals surface area contributed by atoms with Gasteiger partial charge >= 0.3 is 0 Å². The fourth-order valence-electron chi connectivity index (χ4n) is 3.73. The van der Waals surface area contributed by atoms with Crippen molar-refractivity contribution < 1.29 is 0 Å². The van der Waals surface area contributed by atoms with Crippen LogP contribution in [0.3, 0.4) is 0 Å². The highest BCUT2D eigenvalue weighted by atomic mass is 16.1. The van der Waals surface area contributed by atoms with Gasteiger partial charge in [-0.05, 0) is 43.4 Å². The number of rotatable bonds is 3. The second-order valence-corrected chi connectivity index (χ2v) is 6.95. The van der Waals surface area contributed by atoms with Gasteiger partial charge in [-0.15, -0.1) is 0 Å². The van der Waals surface area contributed by atoms with Crippen LogP contribution in [0, 0.1) is 0 Å². The van der Waals surface area contributed by atoms with Crippen molar-refractivity contribution in [2.45, 2.75) is 38.8 Å². The van der Waals surface area contributed by atoms with Crippen molar-refractivity contribution in [2.75, 3.05) is 31.1 Å². The number of pyridine rings is 1. The predicted octanol–water partition coefficient (Wildman–Crippen LogP) is 1.69. The molecule has 132 valence electrons. The third kappa shape index (κ3) is 3.74. The lowest BCUT2D eigenvalue weighted by Gasteiger charge is -2.35. The van der Waals surface area contributed by atoms with E-state index in [0.29, 0.717) is 6.67 Å². The summed E-state index contributed by atoms with van der Waals surface area (Å²) in [4.78, 5) is 21.4. The maximum atomic E-state index is 12.4. The third-order valence-electron chi connectivity index (χ3n) is 5.20. The normalized spacial score (nSPS) is 18.6. The molecule has 0 radical (unpaired) electrons. The Hall–Kier alpha value is -2.21. The summed E-state index contributed by atoms with van der Waals surface area (Å²) < 4.78 is 1.65. The molecule has 2 aliphatic rings. The van der Waals surface area contributed by atoms with Crippen molar-refractivity contribution >= 4 is 5.82 Å². The molecule has 1 fully saturated rings. The lowest BCUT2D eigenvalue weighted by Crippen LogP contribution is -2.48. The first-order valence-electron chi connectivity index (χ1n) is 9.28. The van der Waals surface area contributed by atoms with E-state index in [2.05, 4.69) is 19.9 Å². The quantitative estimate of drug-likeness (QED) is 0.797. The van der Waals surface area contributed by atoms with E-state index in [0.717, 1.165) is 50.5 Å². The molecule has 2 aromatic heterocycles. The van der Waals surface area contributed by atoms with Gasteiger partial charge in [0.25, 0.3) is 5.56 Å². The van der Waals surface area contributed by atoms with E-state index in [-0.39, 0.29) is 5.56 Å². The van der Waals surface area contributed by atoms with Gasteiger partial charge in [0.2, 0.25) is 0 Å². The summed E-state index contributed by atoms with van der Waals surface area (Å²) in [5, 5.41) is 4.68. The van der Waals surface area contributed by atoms with Gasteiger partial charge in [0, 0.05) is 38.4 Å². The summed E-state index contributed by atoms with van der Waals surface area (Å²) in [6.45, 7) is 4.28. The molecule has 0 amide bonds. The monoisotopic (exact) mass is 339 g/mol. The molecule has 1 saturated heterocycles. The zero-order valence-electron chi connectivity index (χ0n) is 14.6. The highest BCUT2D eigenvalue weighted by Gasteiger charge is 2.19. The van der Waals surface area contributed by atoms with E-state index in [4.69, 9.17) is 0 Å². The van der Waals surface area contributed by atoms with Gasteiger partial charge in [-0.3, -0.25) is 9.69 Å². The molecule has 2 aromatic rings. The van der Waals surface area contributed by atoms with Crippen LogP contribution in [0.4, 0.5) is 5.82 Å².